The van der Waals surface area contributed by atoms with Crippen molar-refractivity contribution in [1.82, 2.24) is 10.6 Å². The molecule has 1 amide bonds. The van der Waals surface area contributed by atoms with Crippen molar-refractivity contribution in [3.05, 3.63) is 64.1 Å². The van der Waals surface area contributed by atoms with E-state index in [4.69, 9.17) is 5.73 Å². The Morgan fingerprint density at radius 1 is 1.24 bits per heavy atom. The zero-order chi connectivity index (χ0) is 19.9. The molecular weight excluding hydrogens is 545 g/mol. The van der Waals surface area contributed by atoms with E-state index in [9.17, 15) is 4.79 Å². The minimum Gasteiger partial charge on any atom is -0.368 e. The number of benzene rings is 2. The van der Waals surface area contributed by atoms with Crippen LogP contribution in [-0.2, 0) is 6.54 Å². The standard InChI is InChI=1S/C21H26BrN5O.HI/c1-2-24-21(25-13-15-7-9-16(10-8-15)20(23)28)26-17-11-12-27(14-17)19-6-4-3-5-18(19)22;/h3-10,17H,2,11-14H2,1H3,(H2,23,28)(H2,24,25,26);1H. The van der Waals surface area contributed by atoms with Crippen LogP contribution in [0.2, 0.25) is 0 Å². The fourth-order valence-electron chi connectivity index (χ4n) is 3.26. The first-order valence-electron chi connectivity index (χ1n) is 9.50. The van der Waals surface area contributed by atoms with Crippen LogP contribution in [0.25, 0.3) is 0 Å². The van der Waals surface area contributed by atoms with E-state index in [1.54, 1.807) is 12.1 Å². The van der Waals surface area contributed by atoms with Crippen molar-refractivity contribution in [3.63, 3.8) is 0 Å². The molecule has 1 aliphatic heterocycles. The number of nitrogens with two attached hydrogens (primary N) is 1. The van der Waals surface area contributed by atoms with Crippen LogP contribution in [0.4, 0.5) is 5.69 Å². The van der Waals surface area contributed by atoms with E-state index in [2.05, 4.69) is 61.6 Å². The molecule has 0 aromatic heterocycles. The molecule has 1 fully saturated rings. The van der Waals surface area contributed by atoms with Gasteiger partial charge in [-0.1, -0.05) is 24.3 Å². The lowest BCUT2D eigenvalue weighted by Gasteiger charge is -2.21. The summed E-state index contributed by atoms with van der Waals surface area (Å²) in [5.41, 5.74) is 8.05. The third-order valence-electron chi connectivity index (χ3n) is 4.72. The van der Waals surface area contributed by atoms with Gasteiger partial charge >= 0.3 is 0 Å². The van der Waals surface area contributed by atoms with Crippen molar-refractivity contribution in [1.29, 1.82) is 0 Å². The maximum atomic E-state index is 11.2. The predicted molar refractivity (Wildman–Crippen MR) is 133 cm³/mol. The quantitative estimate of drug-likeness (QED) is 0.281. The van der Waals surface area contributed by atoms with Crippen LogP contribution < -0.4 is 21.3 Å². The van der Waals surface area contributed by atoms with E-state index < -0.39 is 5.91 Å². The van der Waals surface area contributed by atoms with E-state index >= 15 is 0 Å². The molecule has 2 aromatic rings. The Morgan fingerprint density at radius 3 is 2.62 bits per heavy atom. The first kappa shape index (κ1) is 23.5. The molecule has 2 aromatic carbocycles. The lowest BCUT2D eigenvalue weighted by Crippen LogP contribution is -2.44. The Bertz CT molecular complexity index is 843. The van der Waals surface area contributed by atoms with Gasteiger partial charge in [0.15, 0.2) is 5.96 Å². The molecule has 4 N–H and O–H groups in total. The fraction of sp³-hybridized carbons (Fsp3) is 0.333. The molecule has 1 heterocycles. The Hall–Kier alpha value is -1.81. The van der Waals surface area contributed by atoms with Crippen molar-refractivity contribution in [2.75, 3.05) is 24.5 Å². The monoisotopic (exact) mass is 571 g/mol. The second-order valence-electron chi connectivity index (χ2n) is 6.78. The highest BCUT2D eigenvalue weighted by atomic mass is 127. The van der Waals surface area contributed by atoms with E-state index in [0.29, 0.717) is 18.2 Å². The van der Waals surface area contributed by atoms with Gasteiger partial charge in [-0.15, -0.1) is 24.0 Å². The number of hydrogen-bond acceptors (Lipinski definition) is 3. The van der Waals surface area contributed by atoms with Gasteiger partial charge in [0.2, 0.25) is 5.91 Å². The molecular formula is C21H27BrIN5O. The van der Waals surface area contributed by atoms with Crippen molar-refractivity contribution in [3.8, 4) is 0 Å². The van der Waals surface area contributed by atoms with Gasteiger partial charge in [-0.3, -0.25) is 4.79 Å². The number of aliphatic imine (C=N–C) groups is 1. The van der Waals surface area contributed by atoms with Crippen LogP contribution in [0.5, 0.6) is 0 Å². The highest BCUT2D eigenvalue weighted by Gasteiger charge is 2.24. The summed E-state index contributed by atoms with van der Waals surface area (Å²) < 4.78 is 1.12. The molecule has 29 heavy (non-hydrogen) atoms. The highest BCUT2D eigenvalue weighted by molar-refractivity contribution is 14.0. The van der Waals surface area contributed by atoms with E-state index in [0.717, 1.165) is 42.1 Å². The summed E-state index contributed by atoms with van der Waals surface area (Å²) >= 11 is 3.64. The Labute approximate surface area is 197 Å². The number of carbonyl (C=O) groups is 1. The summed E-state index contributed by atoms with van der Waals surface area (Å²) in [5.74, 6) is 0.390. The van der Waals surface area contributed by atoms with Gasteiger partial charge in [0.25, 0.3) is 0 Å². The van der Waals surface area contributed by atoms with Crippen molar-refractivity contribution >= 4 is 57.5 Å². The number of nitrogens with zero attached hydrogens (tertiary/aromatic N) is 2. The SMILES string of the molecule is CCNC(=NCc1ccc(C(N)=O)cc1)NC1CCN(c2ccccc2Br)C1.I. The third-order valence-corrected chi connectivity index (χ3v) is 5.40. The average molecular weight is 572 g/mol. The molecule has 1 unspecified atom stereocenters. The van der Waals surface area contributed by atoms with Gasteiger partial charge in [0.05, 0.1) is 12.2 Å². The molecule has 0 spiro atoms. The summed E-state index contributed by atoms with van der Waals surface area (Å²) in [7, 11) is 0. The largest absolute Gasteiger partial charge is 0.368 e. The van der Waals surface area contributed by atoms with Gasteiger partial charge in [-0.25, -0.2) is 4.99 Å². The van der Waals surface area contributed by atoms with E-state index in [-0.39, 0.29) is 24.0 Å². The molecule has 3 rings (SSSR count). The topological polar surface area (TPSA) is 82.7 Å². The first-order chi connectivity index (χ1) is 13.6. The molecule has 0 aliphatic carbocycles. The van der Waals surface area contributed by atoms with Crippen LogP contribution in [0, 0.1) is 0 Å². The fourth-order valence-corrected chi connectivity index (χ4v) is 3.80. The summed E-state index contributed by atoms with van der Waals surface area (Å²) in [5, 5.41) is 6.86. The number of para-hydroxylation sites is 1. The van der Waals surface area contributed by atoms with E-state index in [1.807, 2.05) is 18.2 Å². The van der Waals surface area contributed by atoms with Gasteiger partial charge in [-0.2, -0.15) is 0 Å². The predicted octanol–water partition coefficient (Wildman–Crippen LogP) is 3.50. The highest BCUT2D eigenvalue weighted by Crippen LogP contribution is 2.28. The van der Waals surface area contributed by atoms with Crippen molar-refractivity contribution in [2.45, 2.75) is 25.9 Å². The van der Waals surface area contributed by atoms with Gasteiger partial charge in [0, 0.05) is 35.7 Å². The zero-order valence-electron chi connectivity index (χ0n) is 16.4. The second-order valence-corrected chi connectivity index (χ2v) is 7.64. The van der Waals surface area contributed by atoms with Gasteiger partial charge in [-0.05, 0) is 59.1 Å². The molecule has 1 aliphatic rings. The summed E-state index contributed by atoms with van der Waals surface area (Å²) in [6, 6.07) is 15.9. The molecule has 0 bridgehead atoms. The summed E-state index contributed by atoms with van der Waals surface area (Å²) in [4.78, 5) is 18.2. The van der Waals surface area contributed by atoms with Crippen LogP contribution >= 0.6 is 39.9 Å². The first-order valence-corrected chi connectivity index (χ1v) is 10.3. The average Bonchev–Trinajstić information content (AvgIpc) is 3.15. The minimum absolute atomic E-state index is 0. The normalized spacial score (nSPS) is 16.3. The summed E-state index contributed by atoms with van der Waals surface area (Å²) in [6.07, 6.45) is 1.05. The number of carbonyl (C=O) groups excluding carboxylic acids is 1. The lowest BCUT2D eigenvalue weighted by atomic mass is 10.1. The maximum absolute atomic E-state index is 11.2. The van der Waals surface area contributed by atoms with Crippen LogP contribution in [0.15, 0.2) is 58.0 Å². The number of primary amides is 1. The lowest BCUT2D eigenvalue weighted by molar-refractivity contribution is 0.100. The molecule has 1 saturated heterocycles. The molecule has 0 radical (unpaired) electrons. The van der Waals surface area contributed by atoms with Crippen LogP contribution in [-0.4, -0.2) is 37.5 Å². The molecule has 1 atom stereocenters. The molecule has 8 heteroatoms. The minimum atomic E-state index is -0.416. The third kappa shape index (κ3) is 6.60. The van der Waals surface area contributed by atoms with Crippen molar-refractivity contribution < 1.29 is 4.79 Å². The molecule has 6 nitrogen and oxygen atoms in total. The number of nitrogens with one attached hydrogen (secondary N) is 2. The van der Waals surface area contributed by atoms with E-state index in [1.165, 1.54) is 5.69 Å². The van der Waals surface area contributed by atoms with Crippen molar-refractivity contribution in [2.24, 2.45) is 10.7 Å². The smallest absolute Gasteiger partial charge is 0.248 e. The van der Waals surface area contributed by atoms with Crippen LogP contribution in [0.3, 0.4) is 0 Å². The number of guanidine groups is 1. The number of anilines is 1. The summed E-state index contributed by atoms with van der Waals surface area (Å²) in [6.45, 7) is 5.33. The number of halogens is 2. The molecule has 156 valence electrons. The Kier molecular flexibility index (Phi) is 9.22. The van der Waals surface area contributed by atoms with Gasteiger partial charge < -0.3 is 21.3 Å². The number of rotatable bonds is 6. The van der Waals surface area contributed by atoms with Gasteiger partial charge in [0.1, 0.15) is 0 Å². The zero-order valence-corrected chi connectivity index (χ0v) is 20.3. The van der Waals surface area contributed by atoms with Crippen LogP contribution in [0.1, 0.15) is 29.3 Å². The maximum Gasteiger partial charge on any atom is 0.248 e. The second kappa shape index (κ2) is 11.4. The number of hydrogen-bond donors (Lipinski definition) is 3. The Balaban J connectivity index is 0.00000300. The number of amides is 1. The Morgan fingerprint density at radius 2 is 1.97 bits per heavy atom. The molecule has 0 saturated carbocycles.